The highest BCUT2D eigenvalue weighted by Crippen LogP contribution is 2.40. The van der Waals surface area contributed by atoms with Crippen molar-refractivity contribution in [3.8, 4) is 17.2 Å². The average Bonchev–Trinajstić information content (AvgIpc) is 2.86. The summed E-state index contributed by atoms with van der Waals surface area (Å²) in [5.41, 5.74) is 5.56. The van der Waals surface area contributed by atoms with Crippen molar-refractivity contribution in [2.75, 3.05) is 27.4 Å². The van der Waals surface area contributed by atoms with Gasteiger partial charge in [-0.15, -0.1) is 0 Å². The number of ether oxygens (including phenoxy) is 3. The Hall–Kier alpha value is -3.47. The van der Waals surface area contributed by atoms with Crippen molar-refractivity contribution in [3.05, 3.63) is 88.5 Å². The Morgan fingerprint density at radius 3 is 2.26 bits per heavy atom. The van der Waals surface area contributed by atoms with Crippen LogP contribution in [0.1, 0.15) is 53.1 Å². The summed E-state index contributed by atoms with van der Waals surface area (Å²) >= 11 is 0. The molecule has 0 aliphatic carbocycles. The fourth-order valence-electron chi connectivity index (χ4n) is 5.10. The van der Waals surface area contributed by atoms with E-state index in [2.05, 4.69) is 26.8 Å². The summed E-state index contributed by atoms with van der Waals surface area (Å²) in [5, 5.41) is 0. The molecule has 1 aliphatic heterocycles. The van der Waals surface area contributed by atoms with Gasteiger partial charge in [0.1, 0.15) is 12.4 Å². The van der Waals surface area contributed by atoms with Gasteiger partial charge in [-0.1, -0.05) is 43.3 Å². The Morgan fingerprint density at radius 1 is 0.971 bits per heavy atom. The first-order valence-electron chi connectivity index (χ1n) is 12.3. The molecule has 0 bridgehead atoms. The number of methoxy groups -OCH3 is 2. The van der Waals surface area contributed by atoms with E-state index in [-0.39, 0.29) is 17.9 Å². The molecular formula is C30H35NO4. The highest BCUT2D eigenvalue weighted by molar-refractivity contribution is 5.84. The number of carbonyl (C=O) groups is 1. The van der Waals surface area contributed by atoms with E-state index < -0.39 is 0 Å². The van der Waals surface area contributed by atoms with Crippen molar-refractivity contribution in [1.82, 2.24) is 4.90 Å². The molecule has 2 unspecified atom stereocenters. The molecule has 0 radical (unpaired) electrons. The average molecular weight is 474 g/mol. The number of hydrogen-bond donors (Lipinski definition) is 0. The molecule has 3 aromatic carbocycles. The lowest BCUT2D eigenvalue weighted by atomic mass is 9.89. The van der Waals surface area contributed by atoms with E-state index in [1.807, 2.05) is 59.5 Å². The van der Waals surface area contributed by atoms with Gasteiger partial charge < -0.3 is 19.1 Å². The van der Waals surface area contributed by atoms with Crippen LogP contribution < -0.4 is 14.2 Å². The molecule has 35 heavy (non-hydrogen) atoms. The van der Waals surface area contributed by atoms with Crippen LogP contribution in [0, 0.1) is 13.8 Å². The Kier molecular flexibility index (Phi) is 7.64. The smallest absolute Gasteiger partial charge is 0.230 e. The van der Waals surface area contributed by atoms with Crippen LogP contribution >= 0.6 is 0 Å². The molecule has 2 atom stereocenters. The lowest BCUT2D eigenvalue weighted by molar-refractivity contribution is -0.136. The molecule has 0 saturated heterocycles. The van der Waals surface area contributed by atoms with Gasteiger partial charge in [0, 0.05) is 6.54 Å². The van der Waals surface area contributed by atoms with Crippen molar-refractivity contribution in [2.24, 2.45) is 0 Å². The van der Waals surface area contributed by atoms with Crippen LogP contribution in [0.5, 0.6) is 17.2 Å². The molecular weight excluding hydrogens is 438 g/mol. The fraction of sp³-hybridized carbons (Fsp3) is 0.367. The zero-order chi connectivity index (χ0) is 24.9. The maximum atomic E-state index is 14.0. The van der Waals surface area contributed by atoms with Crippen molar-refractivity contribution in [1.29, 1.82) is 0 Å². The van der Waals surface area contributed by atoms with Crippen molar-refractivity contribution in [3.63, 3.8) is 0 Å². The quantitative estimate of drug-likeness (QED) is 0.401. The largest absolute Gasteiger partial charge is 0.493 e. The van der Waals surface area contributed by atoms with E-state index in [9.17, 15) is 4.79 Å². The van der Waals surface area contributed by atoms with Crippen LogP contribution in [0.3, 0.4) is 0 Å². The Morgan fingerprint density at radius 2 is 1.63 bits per heavy atom. The van der Waals surface area contributed by atoms with Gasteiger partial charge in [-0.05, 0) is 78.8 Å². The monoisotopic (exact) mass is 473 g/mol. The van der Waals surface area contributed by atoms with Crippen LogP contribution in [0.25, 0.3) is 0 Å². The van der Waals surface area contributed by atoms with Crippen molar-refractivity contribution < 1.29 is 19.0 Å². The van der Waals surface area contributed by atoms with Gasteiger partial charge in [0.25, 0.3) is 0 Å². The van der Waals surface area contributed by atoms with E-state index in [1.54, 1.807) is 14.2 Å². The number of nitrogens with zero attached hydrogens (tertiary/aromatic N) is 1. The molecule has 4 rings (SSSR count). The molecule has 0 fully saturated rings. The third kappa shape index (κ3) is 5.29. The number of aryl methyl sites for hydroxylation is 2. The minimum Gasteiger partial charge on any atom is -0.493 e. The summed E-state index contributed by atoms with van der Waals surface area (Å²) in [5.74, 6) is 2.12. The van der Waals surface area contributed by atoms with E-state index in [4.69, 9.17) is 14.2 Å². The third-order valence-electron chi connectivity index (χ3n) is 6.80. The topological polar surface area (TPSA) is 48.0 Å². The lowest BCUT2D eigenvalue weighted by Crippen LogP contribution is -2.44. The van der Waals surface area contributed by atoms with Crippen molar-refractivity contribution in [2.45, 2.75) is 45.6 Å². The zero-order valence-electron chi connectivity index (χ0n) is 21.3. The molecule has 3 aromatic rings. The molecule has 0 saturated carbocycles. The fourth-order valence-corrected chi connectivity index (χ4v) is 5.10. The highest BCUT2D eigenvalue weighted by Gasteiger charge is 2.36. The molecule has 1 aliphatic rings. The number of amides is 1. The number of fused-ring (bicyclic) bond motifs is 1. The highest BCUT2D eigenvalue weighted by atomic mass is 16.5. The molecule has 0 spiro atoms. The van der Waals surface area contributed by atoms with Gasteiger partial charge >= 0.3 is 0 Å². The Bertz CT molecular complexity index is 1150. The predicted molar refractivity (Wildman–Crippen MR) is 139 cm³/mol. The molecule has 0 aromatic heterocycles. The molecule has 1 heterocycles. The SMILES string of the molecule is CCC(C(=O)N1CCc2cc(OC)c(OC)cc2C1COc1cc(C)cc(C)c1)c1ccccc1. The van der Waals surface area contributed by atoms with E-state index in [0.717, 1.165) is 46.4 Å². The normalized spacial score (nSPS) is 15.8. The predicted octanol–water partition coefficient (Wildman–Crippen LogP) is 6.02. The second-order valence-electron chi connectivity index (χ2n) is 9.21. The van der Waals surface area contributed by atoms with E-state index in [1.165, 1.54) is 0 Å². The van der Waals surface area contributed by atoms with Crippen LogP contribution in [-0.4, -0.2) is 38.2 Å². The van der Waals surface area contributed by atoms with Gasteiger partial charge in [0.15, 0.2) is 11.5 Å². The maximum absolute atomic E-state index is 14.0. The Balaban J connectivity index is 1.71. The zero-order valence-corrected chi connectivity index (χ0v) is 21.3. The standard InChI is InChI=1S/C30H35NO4/c1-6-25(22-10-8-7-9-11-22)30(32)31-13-12-23-17-28(33-4)29(34-5)18-26(23)27(31)19-35-24-15-20(2)14-21(3)16-24/h7-11,14-18,25,27H,6,12-13,19H2,1-5H3. The summed E-state index contributed by atoms with van der Waals surface area (Å²) in [6.45, 7) is 7.19. The first-order valence-corrected chi connectivity index (χ1v) is 12.3. The molecule has 184 valence electrons. The van der Waals surface area contributed by atoms with E-state index in [0.29, 0.717) is 24.7 Å². The van der Waals surface area contributed by atoms with E-state index >= 15 is 0 Å². The summed E-state index contributed by atoms with van der Waals surface area (Å²) in [7, 11) is 3.29. The van der Waals surface area contributed by atoms with Crippen LogP contribution in [-0.2, 0) is 11.2 Å². The van der Waals surface area contributed by atoms with Crippen LogP contribution in [0.4, 0.5) is 0 Å². The third-order valence-corrected chi connectivity index (χ3v) is 6.80. The number of benzene rings is 3. The van der Waals surface area contributed by atoms with Gasteiger partial charge in [0.2, 0.25) is 5.91 Å². The molecule has 5 heteroatoms. The maximum Gasteiger partial charge on any atom is 0.230 e. The second kappa shape index (κ2) is 10.9. The summed E-state index contributed by atoms with van der Waals surface area (Å²) in [6, 6.07) is 20.1. The first-order chi connectivity index (χ1) is 16.9. The van der Waals surface area contributed by atoms with Gasteiger partial charge in [-0.3, -0.25) is 4.79 Å². The first kappa shape index (κ1) is 24.6. The summed E-state index contributed by atoms with van der Waals surface area (Å²) < 4.78 is 17.5. The van der Waals surface area contributed by atoms with Gasteiger partial charge in [-0.25, -0.2) is 0 Å². The number of rotatable bonds is 8. The van der Waals surface area contributed by atoms with Gasteiger partial charge in [-0.2, -0.15) is 0 Å². The molecule has 0 N–H and O–H groups in total. The molecule has 1 amide bonds. The Labute approximate surface area is 208 Å². The molecule has 5 nitrogen and oxygen atoms in total. The lowest BCUT2D eigenvalue weighted by Gasteiger charge is -2.39. The minimum absolute atomic E-state index is 0.133. The van der Waals surface area contributed by atoms with Gasteiger partial charge in [0.05, 0.1) is 26.2 Å². The van der Waals surface area contributed by atoms with Crippen LogP contribution in [0.15, 0.2) is 60.7 Å². The minimum atomic E-state index is -0.232. The summed E-state index contributed by atoms with van der Waals surface area (Å²) in [4.78, 5) is 16.0. The number of carbonyl (C=O) groups excluding carboxylic acids is 1. The number of hydrogen-bond acceptors (Lipinski definition) is 4. The van der Waals surface area contributed by atoms with Crippen LogP contribution in [0.2, 0.25) is 0 Å². The second-order valence-corrected chi connectivity index (χ2v) is 9.21. The van der Waals surface area contributed by atoms with Crippen molar-refractivity contribution >= 4 is 5.91 Å². The summed E-state index contributed by atoms with van der Waals surface area (Å²) in [6.07, 6.45) is 1.50.